The quantitative estimate of drug-likeness (QED) is 0.385. The second kappa shape index (κ2) is 12.2. The standard InChI is InChI=1S/C27H29ClO9/c1-14-6-9-20(13-21(14)12-19-7-10-22(28)11-8-19)23-24(33-15(2)29)25(34-16(3)30)26(35-17(4)31)27(37-23)36-18(5)32/h6-11,13,23-27H,12H2,1-5H3/t23-,24-,25+,26-,27?/m0/s1. The first-order valence-corrected chi connectivity index (χ1v) is 12.0. The first-order valence-electron chi connectivity index (χ1n) is 11.6. The van der Waals surface area contributed by atoms with Crippen molar-refractivity contribution in [1.29, 1.82) is 0 Å². The van der Waals surface area contributed by atoms with Crippen molar-refractivity contribution in [2.24, 2.45) is 0 Å². The van der Waals surface area contributed by atoms with E-state index in [4.69, 9.17) is 35.3 Å². The molecule has 1 unspecified atom stereocenters. The minimum atomic E-state index is -1.43. The van der Waals surface area contributed by atoms with Gasteiger partial charge in [-0.25, -0.2) is 0 Å². The Hall–Kier alpha value is -3.43. The third-order valence-electron chi connectivity index (χ3n) is 5.69. The van der Waals surface area contributed by atoms with Crippen LogP contribution in [0.1, 0.15) is 56.1 Å². The second-order valence-corrected chi connectivity index (χ2v) is 9.18. The van der Waals surface area contributed by atoms with E-state index in [-0.39, 0.29) is 0 Å². The summed E-state index contributed by atoms with van der Waals surface area (Å²) < 4.78 is 27.7. The zero-order valence-corrected chi connectivity index (χ0v) is 21.9. The van der Waals surface area contributed by atoms with E-state index in [1.54, 1.807) is 18.2 Å². The van der Waals surface area contributed by atoms with E-state index in [1.807, 2.05) is 31.2 Å². The molecule has 2 aromatic rings. The SMILES string of the molecule is CC(=O)OC1O[C@@H](c2ccc(C)c(Cc3ccc(Cl)cc3)c2)[C@H](OC(C)=O)[C@@H](OC(C)=O)[C@@H]1OC(C)=O. The summed E-state index contributed by atoms with van der Waals surface area (Å²) in [6.45, 7) is 6.63. The molecule has 0 amide bonds. The van der Waals surface area contributed by atoms with Crippen LogP contribution in [0.4, 0.5) is 0 Å². The van der Waals surface area contributed by atoms with Gasteiger partial charge in [0.05, 0.1) is 0 Å². The molecule has 37 heavy (non-hydrogen) atoms. The number of carbonyl (C=O) groups is 4. The van der Waals surface area contributed by atoms with Gasteiger partial charge in [0, 0.05) is 32.7 Å². The van der Waals surface area contributed by atoms with Gasteiger partial charge in [0.15, 0.2) is 12.2 Å². The van der Waals surface area contributed by atoms with Crippen LogP contribution in [0.2, 0.25) is 5.02 Å². The highest BCUT2D eigenvalue weighted by Crippen LogP contribution is 2.38. The number of benzene rings is 2. The number of hydrogen-bond donors (Lipinski definition) is 0. The Morgan fingerprint density at radius 3 is 1.86 bits per heavy atom. The molecule has 10 heteroatoms. The Morgan fingerprint density at radius 1 is 0.757 bits per heavy atom. The van der Waals surface area contributed by atoms with E-state index in [0.29, 0.717) is 17.0 Å². The van der Waals surface area contributed by atoms with Gasteiger partial charge < -0.3 is 23.7 Å². The maximum Gasteiger partial charge on any atom is 0.305 e. The fraction of sp³-hybridized carbons (Fsp3) is 0.407. The fourth-order valence-electron chi connectivity index (χ4n) is 4.18. The summed E-state index contributed by atoms with van der Waals surface area (Å²) in [5.74, 6) is -2.82. The van der Waals surface area contributed by atoms with Gasteiger partial charge in [0.25, 0.3) is 0 Å². The summed E-state index contributed by atoms with van der Waals surface area (Å²) in [4.78, 5) is 47.8. The molecule has 1 aliphatic heterocycles. The zero-order chi connectivity index (χ0) is 27.3. The molecule has 0 spiro atoms. The van der Waals surface area contributed by atoms with Crippen LogP contribution in [-0.4, -0.2) is 48.5 Å². The molecule has 0 aromatic heterocycles. The smallest absolute Gasteiger partial charge is 0.305 e. The van der Waals surface area contributed by atoms with Crippen molar-refractivity contribution in [2.45, 2.75) is 71.7 Å². The maximum absolute atomic E-state index is 12.1. The predicted molar refractivity (Wildman–Crippen MR) is 131 cm³/mol. The number of rotatable bonds is 7. The van der Waals surface area contributed by atoms with Gasteiger partial charge in [-0.2, -0.15) is 0 Å². The van der Waals surface area contributed by atoms with Crippen LogP contribution in [0.5, 0.6) is 0 Å². The monoisotopic (exact) mass is 532 g/mol. The van der Waals surface area contributed by atoms with Crippen LogP contribution in [0.25, 0.3) is 0 Å². The molecule has 2 aromatic carbocycles. The van der Waals surface area contributed by atoms with Crippen LogP contribution in [0, 0.1) is 6.92 Å². The van der Waals surface area contributed by atoms with Gasteiger partial charge in [-0.05, 0) is 47.7 Å². The molecule has 198 valence electrons. The molecule has 0 bridgehead atoms. The van der Waals surface area contributed by atoms with E-state index >= 15 is 0 Å². The molecule has 1 heterocycles. The molecule has 0 N–H and O–H groups in total. The minimum Gasteiger partial charge on any atom is -0.455 e. The predicted octanol–water partition coefficient (Wildman–Crippen LogP) is 3.99. The van der Waals surface area contributed by atoms with Gasteiger partial charge >= 0.3 is 23.9 Å². The maximum atomic E-state index is 12.1. The Kier molecular flexibility index (Phi) is 9.29. The molecule has 0 radical (unpaired) electrons. The van der Waals surface area contributed by atoms with Crippen molar-refractivity contribution >= 4 is 35.5 Å². The number of halogens is 1. The van der Waals surface area contributed by atoms with Gasteiger partial charge in [-0.3, -0.25) is 19.2 Å². The van der Waals surface area contributed by atoms with Crippen molar-refractivity contribution in [2.75, 3.05) is 0 Å². The molecular weight excluding hydrogens is 504 g/mol. The normalized spacial score (nSPS) is 23.0. The summed E-state index contributed by atoms with van der Waals surface area (Å²) in [5, 5.41) is 0.629. The number of ether oxygens (including phenoxy) is 5. The van der Waals surface area contributed by atoms with Gasteiger partial charge in [-0.15, -0.1) is 0 Å². The topological polar surface area (TPSA) is 114 Å². The minimum absolute atomic E-state index is 0.580. The highest BCUT2D eigenvalue weighted by atomic mass is 35.5. The molecule has 1 fully saturated rings. The lowest BCUT2D eigenvalue weighted by Gasteiger charge is -2.44. The highest BCUT2D eigenvalue weighted by Gasteiger charge is 2.53. The lowest BCUT2D eigenvalue weighted by atomic mass is 9.90. The van der Waals surface area contributed by atoms with Crippen molar-refractivity contribution in [3.05, 3.63) is 69.7 Å². The van der Waals surface area contributed by atoms with Crippen LogP contribution in [-0.2, 0) is 49.3 Å². The average molecular weight is 533 g/mol. The van der Waals surface area contributed by atoms with Crippen molar-refractivity contribution < 1.29 is 42.9 Å². The molecule has 1 aliphatic rings. The second-order valence-electron chi connectivity index (χ2n) is 8.75. The van der Waals surface area contributed by atoms with Crippen LogP contribution >= 0.6 is 11.6 Å². The fourth-order valence-corrected chi connectivity index (χ4v) is 4.31. The highest BCUT2D eigenvalue weighted by molar-refractivity contribution is 6.30. The van der Waals surface area contributed by atoms with Crippen LogP contribution < -0.4 is 0 Å². The van der Waals surface area contributed by atoms with Gasteiger partial charge in [0.1, 0.15) is 6.10 Å². The molecule has 1 saturated heterocycles. The molecule has 5 atom stereocenters. The lowest BCUT2D eigenvalue weighted by molar-refractivity contribution is -0.298. The number of carbonyl (C=O) groups excluding carboxylic acids is 4. The van der Waals surface area contributed by atoms with Crippen LogP contribution in [0.15, 0.2) is 42.5 Å². The third kappa shape index (κ3) is 7.53. The summed E-state index contributed by atoms with van der Waals surface area (Å²) >= 11 is 6.01. The Balaban J connectivity index is 2.07. The Morgan fingerprint density at radius 2 is 1.30 bits per heavy atom. The lowest BCUT2D eigenvalue weighted by Crippen LogP contribution is -2.59. The average Bonchev–Trinajstić information content (AvgIpc) is 2.79. The largest absolute Gasteiger partial charge is 0.455 e. The van der Waals surface area contributed by atoms with E-state index in [2.05, 4.69) is 0 Å². The Bertz CT molecular complexity index is 1160. The number of aryl methyl sites for hydroxylation is 1. The zero-order valence-electron chi connectivity index (χ0n) is 21.2. The van der Waals surface area contributed by atoms with Crippen LogP contribution in [0.3, 0.4) is 0 Å². The van der Waals surface area contributed by atoms with Crippen molar-refractivity contribution in [1.82, 2.24) is 0 Å². The van der Waals surface area contributed by atoms with Gasteiger partial charge in [0.2, 0.25) is 12.4 Å². The number of esters is 4. The third-order valence-corrected chi connectivity index (χ3v) is 5.94. The van der Waals surface area contributed by atoms with E-state index < -0.39 is 54.6 Å². The molecule has 0 saturated carbocycles. The molecule has 9 nitrogen and oxygen atoms in total. The Labute approximate surface area is 219 Å². The number of hydrogen-bond acceptors (Lipinski definition) is 9. The molecule has 3 rings (SSSR count). The van der Waals surface area contributed by atoms with Gasteiger partial charge in [-0.1, -0.05) is 41.9 Å². The summed E-state index contributed by atoms with van der Waals surface area (Å²) in [6.07, 6.45) is -5.75. The summed E-state index contributed by atoms with van der Waals surface area (Å²) in [5.41, 5.74) is 3.57. The van der Waals surface area contributed by atoms with E-state index in [1.165, 1.54) is 6.92 Å². The molecule has 0 aliphatic carbocycles. The summed E-state index contributed by atoms with van der Waals surface area (Å²) in [7, 11) is 0. The van der Waals surface area contributed by atoms with E-state index in [9.17, 15) is 19.2 Å². The first kappa shape index (κ1) is 28.1. The molecular formula is C27H29ClO9. The first-order chi connectivity index (χ1) is 17.4. The van der Waals surface area contributed by atoms with E-state index in [0.717, 1.165) is 37.5 Å². The summed E-state index contributed by atoms with van der Waals surface area (Å²) in [6, 6.07) is 13.0. The van der Waals surface area contributed by atoms with Crippen molar-refractivity contribution in [3.8, 4) is 0 Å². The van der Waals surface area contributed by atoms with Crippen molar-refractivity contribution in [3.63, 3.8) is 0 Å².